The van der Waals surface area contributed by atoms with E-state index in [9.17, 15) is 17.6 Å². The molecule has 2 aromatic rings. The molecule has 0 unspecified atom stereocenters. The Hall–Kier alpha value is -2.29. The number of hydrogen-bond acceptors (Lipinski definition) is 6. The van der Waals surface area contributed by atoms with Crippen LogP contribution in [0.3, 0.4) is 0 Å². The highest BCUT2D eigenvalue weighted by Gasteiger charge is 2.24. The molecule has 0 radical (unpaired) electrons. The van der Waals surface area contributed by atoms with Gasteiger partial charge in [0.25, 0.3) is 0 Å². The monoisotopic (exact) mass is 314 g/mol. The molecule has 0 bridgehead atoms. The van der Waals surface area contributed by atoms with Gasteiger partial charge in [-0.3, -0.25) is 0 Å². The van der Waals surface area contributed by atoms with Crippen molar-refractivity contribution in [2.45, 2.75) is 24.0 Å². The van der Waals surface area contributed by atoms with Crippen LogP contribution in [-0.2, 0) is 22.0 Å². The molecule has 7 nitrogen and oxygen atoms in total. The van der Waals surface area contributed by atoms with Gasteiger partial charge < -0.3 is 9.63 Å². The van der Waals surface area contributed by atoms with E-state index in [0.29, 0.717) is 6.42 Å². The summed E-state index contributed by atoms with van der Waals surface area (Å²) >= 11 is 0. The number of nitrogens with zero attached hydrogens (tertiary/aromatic N) is 2. The molecule has 1 heterocycles. The van der Waals surface area contributed by atoms with Gasteiger partial charge in [0.1, 0.15) is 16.5 Å². The number of aromatic carboxylic acids is 1. The number of halogens is 1. The van der Waals surface area contributed by atoms with Crippen molar-refractivity contribution >= 4 is 15.8 Å². The van der Waals surface area contributed by atoms with Crippen molar-refractivity contribution in [3.8, 4) is 0 Å². The zero-order valence-electron chi connectivity index (χ0n) is 10.9. The molecule has 0 spiro atoms. The maximum absolute atomic E-state index is 13.7. The Morgan fingerprint density at radius 1 is 1.43 bits per heavy atom. The first kappa shape index (κ1) is 15.1. The third-order valence-corrected chi connectivity index (χ3v) is 4.27. The van der Waals surface area contributed by atoms with Crippen molar-refractivity contribution in [1.82, 2.24) is 10.1 Å². The lowest BCUT2D eigenvalue weighted by atomic mass is 10.2. The minimum Gasteiger partial charge on any atom is -0.478 e. The Morgan fingerprint density at radius 2 is 2.14 bits per heavy atom. The molecule has 0 atom stereocenters. The molecule has 0 saturated heterocycles. The molecular formula is C12H11FN2O5S. The number of rotatable bonds is 5. The molecule has 0 amide bonds. The van der Waals surface area contributed by atoms with Gasteiger partial charge in [-0.2, -0.15) is 4.98 Å². The minimum atomic E-state index is -4.12. The van der Waals surface area contributed by atoms with Gasteiger partial charge in [-0.05, 0) is 18.2 Å². The van der Waals surface area contributed by atoms with Crippen LogP contribution in [0, 0.1) is 5.82 Å². The van der Waals surface area contributed by atoms with Crippen molar-refractivity contribution < 1.29 is 27.2 Å². The third-order valence-electron chi connectivity index (χ3n) is 2.64. The summed E-state index contributed by atoms with van der Waals surface area (Å²) in [6.45, 7) is 1.75. The number of hydrogen-bond donors (Lipinski definition) is 1. The van der Waals surface area contributed by atoms with Gasteiger partial charge in [0.2, 0.25) is 5.89 Å². The summed E-state index contributed by atoms with van der Waals surface area (Å²) in [5.41, 5.74) is -0.322. The van der Waals surface area contributed by atoms with Gasteiger partial charge in [-0.15, -0.1) is 0 Å². The van der Waals surface area contributed by atoms with Crippen LogP contribution in [0.2, 0.25) is 0 Å². The Kier molecular flexibility index (Phi) is 4.03. The Balaban J connectivity index is 2.39. The van der Waals surface area contributed by atoms with Crippen molar-refractivity contribution in [3.05, 3.63) is 41.3 Å². The van der Waals surface area contributed by atoms with Crippen LogP contribution < -0.4 is 0 Å². The van der Waals surface area contributed by atoms with E-state index in [0.717, 1.165) is 18.2 Å². The van der Waals surface area contributed by atoms with E-state index in [1.807, 2.05) is 0 Å². The van der Waals surface area contributed by atoms with Gasteiger partial charge in [0.15, 0.2) is 15.7 Å². The average molecular weight is 314 g/mol. The second-order valence-corrected chi connectivity index (χ2v) is 6.13. The summed E-state index contributed by atoms with van der Waals surface area (Å²) in [5.74, 6) is -2.89. The zero-order chi connectivity index (χ0) is 15.6. The van der Waals surface area contributed by atoms with Crippen LogP contribution in [0.4, 0.5) is 4.39 Å². The summed E-state index contributed by atoms with van der Waals surface area (Å²) < 4.78 is 42.7. The number of carbonyl (C=O) groups is 1. The van der Waals surface area contributed by atoms with E-state index in [2.05, 4.69) is 10.1 Å². The number of carboxylic acid groups (broad SMARTS) is 1. The smallest absolute Gasteiger partial charge is 0.335 e. The fourth-order valence-corrected chi connectivity index (χ4v) is 2.90. The third kappa shape index (κ3) is 3.24. The quantitative estimate of drug-likeness (QED) is 0.889. The lowest BCUT2D eigenvalue weighted by Gasteiger charge is -2.04. The van der Waals surface area contributed by atoms with E-state index < -0.39 is 32.3 Å². The maximum atomic E-state index is 13.7. The van der Waals surface area contributed by atoms with Gasteiger partial charge in [-0.1, -0.05) is 12.1 Å². The van der Waals surface area contributed by atoms with Crippen LogP contribution in [0.1, 0.15) is 29.0 Å². The highest BCUT2D eigenvalue weighted by Crippen LogP contribution is 2.20. The predicted molar refractivity (Wildman–Crippen MR) is 67.9 cm³/mol. The fourth-order valence-electron chi connectivity index (χ4n) is 1.61. The summed E-state index contributed by atoms with van der Waals surface area (Å²) in [7, 11) is -4.12. The second-order valence-electron chi connectivity index (χ2n) is 4.17. The Labute approximate surface area is 119 Å². The van der Waals surface area contributed by atoms with Crippen LogP contribution in [0.5, 0.6) is 0 Å². The molecule has 0 fully saturated rings. The molecule has 2 rings (SSSR count). The normalized spacial score (nSPS) is 11.5. The molecule has 21 heavy (non-hydrogen) atoms. The van der Waals surface area contributed by atoms with E-state index in [1.165, 1.54) is 0 Å². The number of carboxylic acids is 1. The van der Waals surface area contributed by atoms with Gasteiger partial charge >= 0.3 is 5.97 Å². The van der Waals surface area contributed by atoms with Crippen molar-refractivity contribution in [3.63, 3.8) is 0 Å². The topological polar surface area (TPSA) is 110 Å². The minimum absolute atomic E-state index is 0.105. The molecule has 0 aliphatic rings. The highest BCUT2D eigenvalue weighted by atomic mass is 32.2. The van der Waals surface area contributed by atoms with Crippen LogP contribution >= 0.6 is 0 Å². The molecule has 1 N–H and O–H groups in total. The van der Waals surface area contributed by atoms with E-state index in [-0.39, 0.29) is 17.3 Å². The van der Waals surface area contributed by atoms with Gasteiger partial charge in [-0.25, -0.2) is 17.6 Å². The SMILES string of the molecule is CCc1nc(CS(=O)(=O)c2cc(C(=O)O)ccc2F)no1. The summed E-state index contributed by atoms with van der Waals surface area (Å²) in [6, 6.07) is 2.55. The second kappa shape index (κ2) is 5.60. The van der Waals surface area contributed by atoms with Gasteiger partial charge in [0.05, 0.1) is 5.56 Å². The van der Waals surface area contributed by atoms with Crippen molar-refractivity contribution in [2.75, 3.05) is 0 Å². The largest absolute Gasteiger partial charge is 0.478 e. The fraction of sp³-hybridized carbons (Fsp3) is 0.250. The van der Waals surface area contributed by atoms with Crippen molar-refractivity contribution in [1.29, 1.82) is 0 Å². The van der Waals surface area contributed by atoms with Crippen LogP contribution in [0.15, 0.2) is 27.6 Å². The molecule has 0 saturated carbocycles. The lowest BCUT2D eigenvalue weighted by molar-refractivity contribution is 0.0696. The number of aryl methyl sites for hydroxylation is 1. The summed E-state index contributed by atoms with van der Waals surface area (Å²) in [5, 5.41) is 12.3. The average Bonchev–Trinajstić information content (AvgIpc) is 2.85. The molecule has 112 valence electrons. The lowest BCUT2D eigenvalue weighted by Crippen LogP contribution is -2.10. The van der Waals surface area contributed by atoms with Crippen LogP contribution in [-0.4, -0.2) is 29.6 Å². The van der Waals surface area contributed by atoms with Gasteiger partial charge in [0, 0.05) is 6.42 Å². The van der Waals surface area contributed by atoms with Crippen molar-refractivity contribution in [2.24, 2.45) is 0 Å². The summed E-state index contributed by atoms with van der Waals surface area (Å²) in [4.78, 5) is 14.0. The van der Waals surface area contributed by atoms with E-state index in [1.54, 1.807) is 6.92 Å². The first-order valence-corrected chi connectivity index (χ1v) is 7.55. The molecule has 9 heteroatoms. The Bertz CT molecular complexity index is 785. The Morgan fingerprint density at radius 3 is 2.71 bits per heavy atom. The number of benzene rings is 1. The standard InChI is InChI=1S/C12H11FN2O5S/c1-2-11-14-10(15-20-11)6-21(18,19)9-5-7(12(16)17)3-4-8(9)13/h3-5H,2,6H2,1H3,(H,16,17). The molecule has 1 aromatic heterocycles. The van der Waals surface area contributed by atoms with E-state index >= 15 is 0 Å². The molecule has 0 aliphatic carbocycles. The predicted octanol–water partition coefficient (Wildman–Crippen LogP) is 1.44. The first-order chi connectivity index (χ1) is 9.83. The zero-order valence-corrected chi connectivity index (χ0v) is 11.7. The molecule has 1 aromatic carbocycles. The summed E-state index contributed by atoms with van der Waals surface area (Å²) in [6.07, 6.45) is 0.440. The molecule has 0 aliphatic heterocycles. The maximum Gasteiger partial charge on any atom is 0.335 e. The first-order valence-electron chi connectivity index (χ1n) is 5.90. The number of sulfone groups is 1. The molecular weight excluding hydrogens is 303 g/mol. The van der Waals surface area contributed by atoms with E-state index in [4.69, 9.17) is 9.63 Å². The van der Waals surface area contributed by atoms with Crippen LogP contribution in [0.25, 0.3) is 0 Å². The highest BCUT2D eigenvalue weighted by molar-refractivity contribution is 7.90. The number of aromatic nitrogens is 2.